The van der Waals surface area contributed by atoms with E-state index in [2.05, 4.69) is 5.16 Å². The van der Waals surface area contributed by atoms with Crippen LogP contribution in [0.15, 0.2) is 35.0 Å². The van der Waals surface area contributed by atoms with Gasteiger partial charge in [-0.1, -0.05) is 11.2 Å². The van der Waals surface area contributed by atoms with E-state index in [4.69, 9.17) is 19.7 Å². The zero-order valence-electron chi connectivity index (χ0n) is 11.1. The molecule has 0 spiro atoms. The number of ether oxygens (including phenoxy) is 2. The van der Waals surface area contributed by atoms with Crippen molar-refractivity contribution in [3.05, 3.63) is 41.8 Å². The molecule has 0 aliphatic carbocycles. The molecule has 2 rings (SSSR count). The molecule has 1 unspecified atom stereocenters. The smallest absolute Gasteiger partial charge is 0.174 e. The van der Waals surface area contributed by atoms with Gasteiger partial charge in [0.2, 0.25) is 0 Å². The second kappa shape index (κ2) is 6.24. The van der Waals surface area contributed by atoms with Crippen LogP contribution >= 0.6 is 0 Å². The lowest BCUT2D eigenvalue weighted by atomic mass is 10.1. The van der Waals surface area contributed by atoms with Gasteiger partial charge in [-0.3, -0.25) is 0 Å². The summed E-state index contributed by atoms with van der Waals surface area (Å²) in [7, 11) is 1.63. The lowest BCUT2D eigenvalue weighted by molar-refractivity contribution is 0.246. The number of hydrogen-bond donors (Lipinski definition) is 1. The van der Waals surface area contributed by atoms with Gasteiger partial charge in [-0.25, -0.2) is 0 Å². The molecule has 102 valence electrons. The molecule has 2 N–H and O–H groups in total. The maximum absolute atomic E-state index is 5.84. The maximum Gasteiger partial charge on any atom is 0.174 e. The van der Waals surface area contributed by atoms with Crippen LogP contribution in [0.2, 0.25) is 0 Å². The van der Waals surface area contributed by atoms with Gasteiger partial charge in [-0.05, 0) is 25.0 Å². The van der Waals surface area contributed by atoms with E-state index in [-0.39, 0.29) is 6.04 Å². The normalized spacial score (nSPS) is 12.2. The summed E-state index contributed by atoms with van der Waals surface area (Å²) in [6, 6.07) is 7.57. The molecule has 19 heavy (non-hydrogen) atoms. The minimum Gasteiger partial charge on any atom is -0.497 e. The zero-order chi connectivity index (χ0) is 13.7. The number of rotatable bonds is 6. The largest absolute Gasteiger partial charge is 0.497 e. The molecule has 5 nitrogen and oxygen atoms in total. The molecule has 0 saturated carbocycles. The monoisotopic (exact) mass is 262 g/mol. The van der Waals surface area contributed by atoms with Gasteiger partial charge in [0.15, 0.2) is 5.76 Å². The third-order valence-corrected chi connectivity index (χ3v) is 2.68. The fourth-order valence-corrected chi connectivity index (χ4v) is 1.78. The summed E-state index contributed by atoms with van der Waals surface area (Å²) < 4.78 is 16.0. The van der Waals surface area contributed by atoms with Gasteiger partial charge < -0.3 is 19.7 Å². The Labute approximate surface area is 112 Å². The Morgan fingerprint density at radius 3 is 2.84 bits per heavy atom. The van der Waals surface area contributed by atoms with E-state index in [1.165, 1.54) is 0 Å². The van der Waals surface area contributed by atoms with Crippen molar-refractivity contribution in [1.82, 2.24) is 5.16 Å². The van der Waals surface area contributed by atoms with Crippen molar-refractivity contribution in [3.8, 4) is 11.5 Å². The first kappa shape index (κ1) is 13.4. The molecule has 1 aromatic heterocycles. The molecule has 1 atom stereocenters. The van der Waals surface area contributed by atoms with Crippen molar-refractivity contribution >= 4 is 0 Å². The molecule has 0 aliphatic heterocycles. The highest BCUT2D eigenvalue weighted by Gasteiger charge is 2.09. The van der Waals surface area contributed by atoms with Crippen LogP contribution in [0.25, 0.3) is 0 Å². The van der Waals surface area contributed by atoms with Gasteiger partial charge in [0, 0.05) is 18.2 Å². The molecule has 2 aromatic rings. The standard InChI is InChI=1S/C14H18N2O3/c1-10(15)7-11-3-4-12(17-2)8-14(11)18-9-13-5-6-16-19-13/h3-6,8,10H,7,9,15H2,1-2H3. The lowest BCUT2D eigenvalue weighted by Crippen LogP contribution is -2.18. The van der Waals surface area contributed by atoms with Crippen molar-refractivity contribution in [2.45, 2.75) is 26.0 Å². The second-order valence-electron chi connectivity index (χ2n) is 4.42. The summed E-state index contributed by atoms with van der Waals surface area (Å²) in [6.07, 6.45) is 2.34. The van der Waals surface area contributed by atoms with Crippen LogP contribution in [-0.2, 0) is 13.0 Å². The quantitative estimate of drug-likeness (QED) is 0.863. The van der Waals surface area contributed by atoms with Crippen LogP contribution in [-0.4, -0.2) is 18.3 Å². The van der Waals surface area contributed by atoms with Gasteiger partial charge in [0.1, 0.15) is 18.1 Å². The molecular weight excluding hydrogens is 244 g/mol. The fourth-order valence-electron chi connectivity index (χ4n) is 1.78. The number of benzene rings is 1. The van der Waals surface area contributed by atoms with Gasteiger partial charge in [-0.15, -0.1) is 0 Å². The van der Waals surface area contributed by atoms with Gasteiger partial charge in [0.25, 0.3) is 0 Å². The first-order valence-corrected chi connectivity index (χ1v) is 6.14. The van der Waals surface area contributed by atoms with Crippen LogP contribution in [0.1, 0.15) is 18.2 Å². The lowest BCUT2D eigenvalue weighted by Gasteiger charge is -2.13. The second-order valence-corrected chi connectivity index (χ2v) is 4.42. The highest BCUT2D eigenvalue weighted by molar-refractivity contribution is 5.41. The van der Waals surface area contributed by atoms with Crippen LogP contribution in [0.4, 0.5) is 0 Å². The minimum atomic E-state index is 0.0704. The van der Waals surface area contributed by atoms with E-state index in [0.29, 0.717) is 12.4 Å². The molecule has 5 heteroatoms. The molecule has 1 heterocycles. The van der Waals surface area contributed by atoms with Crippen molar-refractivity contribution < 1.29 is 14.0 Å². The predicted molar refractivity (Wildman–Crippen MR) is 71.2 cm³/mol. The Morgan fingerprint density at radius 1 is 1.37 bits per heavy atom. The molecule has 0 radical (unpaired) electrons. The molecule has 1 aromatic carbocycles. The third kappa shape index (κ3) is 3.72. The Morgan fingerprint density at radius 2 is 2.21 bits per heavy atom. The average Bonchev–Trinajstić information content (AvgIpc) is 2.90. The molecule has 0 saturated heterocycles. The van der Waals surface area contributed by atoms with Gasteiger partial charge >= 0.3 is 0 Å². The Balaban J connectivity index is 2.14. The number of nitrogens with zero attached hydrogens (tertiary/aromatic N) is 1. The highest BCUT2D eigenvalue weighted by Crippen LogP contribution is 2.26. The number of nitrogens with two attached hydrogens (primary N) is 1. The summed E-state index contributed by atoms with van der Waals surface area (Å²) in [5, 5.41) is 3.64. The van der Waals surface area contributed by atoms with Crippen molar-refractivity contribution in [2.24, 2.45) is 5.73 Å². The zero-order valence-corrected chi connectivity index (χ0v) is 11.1. The topological polar surface area (TPSA) is 70.5 Å². The van der Waals surface area contributed by atoms with Crippen molar-refractivity contribution in [3.63, 3.8) is 0 Å². The van der Waals surface area contributed by atoms with Crippen LogP contribution in [0.5, 0.6) is 11.5 Å². The van der Waals surface area contributed by atoms with E-state index < -0.39 is 0 Å². The van der Waals surface area contributed by atoms with Gasteiger partial charge in [0.05, 0.1) is 13.3 Å². The Bertz CT molecular complexity index is 509. The SMILES string of the molecule is COc1ccc(CC(C)N)c(OCc2ccno2)c1. The van der Waals surface area contributed by atoms with Crippen LogP contribution < -0.4 is 15.2 Å². The number of methoxy groups -OCH3 is 1. The first-order valence-electron chi connectivity index (χ1n) is 6.14. The van der Waals surface area contributed by atoms with E-state index in [1.807, 2.05) is 25.1 Å². The van der Waals surface area contributed by atoms with E-state index in [0.717, 1.165) is 23.5 Å². The fraction of sp³-hybridized carbons (Fsp3) is 0.357. The van der Waals surface area contributed by atoms with Crippen molar-refractivity contribution in [2.75, 3.05) is 7.11 Å². The van der Waals surface area contributed by atoms with Gasteiger partial charge in [-0.2, -0.15) is 0 Å². The van der Waals surface area contributed by atoms with E-state index in [9.17, 15) is 0 Å². The minimum absolute atomic E-state index is 0.0704. The third-order valence-electron chi connectivity index (χ3n) is 2.68. The average molecular weight is 262 g/mol. The Kier molecular flexibility index (Phi) is 4.41. The van der Waals surface area contributed by atoms with E-state index >= 15 is 0 Å². The summed E-state index contributed by atoms with van der Waals surface area (Å²) in [6.45, 7) is 2.30. The highest BCUT2D eigenvalue weighted by atomic mass is 16.5. The Hall–Kier alpha value is -2.01. The summed E-state index contributed by atoms with van der Waals surface area (Å²) in [5.74, 6) is 2.18. The molecule has 0 aliphatic rings. The van der Waals surface area contributed by atoms with Crippen LogP contribution in [0, 0.1) is 0 Å². The molecule has 0 bridgehead atoms. The molecular formula is C14H18N2O3. The summed E-state index contributed by atoms with van der Waals surface area (Å²) in [5.41, 5.74) is 6.89. The van der Waals surface area contributed by atoms with E-state index in [1.54, 1.807) is 19.4 Å². The molecule has 0 amide bonds. The maximum atomic E-state index is 5.84. The number of hydrogen-bond acceptors (Lipinski definition) is 5. The summed E-state index contributed by atoms with van der Waals surface area (Å²) >= 11 is 0. The summed E-state index contributed by atoms with van der Waals surface area (Å²) in [4.78, 5) is 0. The predicted octanol–water partition coefficient (Wildman–Crippen LogP) is 2.15. The van der Waals surface area contributed by atoms with Crippen molar-refractivity contribution in [1.29, 1.82) is 0 Å². The number of aromatic nitrogens is 1. The van der Waals surface area contributed by atoms with Crippen LogP contribution in [0.3, 0.4) is 0 Å². The molecule has 0 fully saturated rings. The first-order chi connectivity index (χ1) is 9.19.